The topological polar surface area (TPSA) is 60.4 Å². The molecule has 1 heterocycles. The predicted octanol–water partition coefficient (Wildman–Crippen LogP) is 0.644. The van der Waals surface area contributed by atoms with E-state index in [9.17, 15) is 0 Å². The first-order chi connectivity index (χ1) is 6.83. The highest BCUT2D eigenvalue weighted by molar-refractivity contribution is 5.90. The van der Waals surface area contributed by atoms with Crippen LogP contribution in [0.5, 0.6) is 0 Å². The van der Waals surface area contributed by atoms with E-state index in [4.69, 9.17) is 15.7 Å². The van der Waals surface area contributed by atoms with E-state index in [1.807, 2.05) is 24.3 Å². The maximum Gasteiger partial charge on any atom is 0.138 e. The number of nitrogens with two attached hydrogens (primary N) is 1. The summed E-state index contributed by atoms with van der Waals surface area (Å²) >= 11 is 0. The molecule has 2 rings (SSSR count). The molecule has 0 aliphatic heterocycles. The van der Waals surface area contributed by atoms with Crippen LogP contribution in [0.3, 0.4) is 0 Å². The van der Waals surface area contributed by atoms with E-state index in [0.29, 0.717) is 0 Å². The van der Waals surface area contributed by atoms with Crippen LogP contribution < -0.4 is 10.6 Å². The van der Waals surface area contributed by atoms with Crippen molar-refractivity contribution in [3.63, 3.8) is 0 Å². The standard InChI is InChI=1S/C10H12N2O2/c11-9-2-1-3-10-8(9)4-5-12(10)14-7-6-13/h1-5,13H,6-7,11H2. The molecule has 4 nitrogen and oxygen atoms in total. The average Bonchev–Trinajstić information content (AvgIpc) is 2.60. The van der Waals surface area contributed by atoms with Crippen molar-refractivity contribution in [3.8, 4) is 0 Å². The van der Waals surface area contributed by atoms with Crippen LogP contribution in [0.4, 0.5) is 5.69 Å². The molecule has 74 valence electrons. The molecule has 3 N–H and O–H groups in total. The summed E-state index contributed by atoms with van der Waals surface area (Å²) < 4.78 is 1.61. The summed E-state index contributed by atoms with van der Waals surface area (Å²) in [6.45, 7) is 0.278. The Morgan fingerprint density at radius 2 is 2.21 bits per heavy atom. The fourth-order valence-electron chi connectivity index (χ4n) is 1.42. The minimum absolute atomic E-state index is 0.00197. The SMILES string of the molecule is Nc1cccc2c1ccn2OCCO. The van der Waals surface area contributed by atoms with Crippen molar-refractivity contribution < 1.29 is 9.94 Å². The fraction of sp³-hybridized carbons (Fsp3) is 0.200. The molecule has 0 spiro atoms. The normalized spacial score (nSPS) is 10.6. The van der Waals surface area contributed by atoms with Gasteiger partial charge in [0, 0.05) is 17.3 Å². The highest BCUT2D eigenvalue weighted by atomic mass is 16.7. The van der Waals surface area contributed by atoms with Gasteiger partial charge in [-0.2, -0.15) is 4.73 Å². The van der Waals surface area contributed by atoms with E-state index >= 15 is 0 Å². The van der Waals surface area contributed by atoms with E-state index in [-0.39, 0.29) is 13.2 Å². The molecular weight excluding hydrogens is 180 g/mol. The lowest BCUT2D eigenvalue weighted by atomic mass is 10.2. The van der Waals surface area contributed by atoms with Crippen molar-refractivity contribution in [1.29, 1.82) is 0 Å². The summed E-state index contributed by atoms with van der Waals surface area (Å²) in [7, 11) is 0. The third-order valence-corrected chi connectivity index (χ3v) is 2.05. The zero-order valence-electron chi connectivity index (χ0n) is 7.68. The summed E-state index contributed by atoms with van der Waals surface area (Å²) in [6, 6.07) is 7.53. The molecule has 0 saturated heterocycles. The summed E-state index contributed by atoms with van der Waals surface area (Å²) in [6.07, 6.45) is 1.79. The third kappa shape index (κ3) is 1.40. The molecule has 0 aliphatic carbocycles. The molecule has 4 heteroatoms. The smallest absolute Gasteiger partial charge is 0.138 e. The van der Waals surface area contributed by atoms with Crippen molar-refractivity contribution >= 4 is 16.6 Å². The Morgan fingerprint density at radius 3 is 3.00 bits per heavy atom. The number of aliphatic hydroxyl groups excluding tert-OH is 1. The van der Waals surface area contributed by atoms with Crippen LogP contribution in [0.2, 0.25) is 0 Å². The molecule has 2 aromatic rings. The summed E-state index contributed by atoms with van der Waals surface area (Å²) in [5, 5.41) is 9.59. The number of nitrogens with zero attached hydrogens (tertiary/aromatic N) is 1. The van der Waals surface area contributed by atoms with Gasteiger partial charge in [0.1, 0.15) is 6.61 Å². The lowest BCUT2D eigenvalue weighted by Crippen LogP contribution is -2.13. The van der Waals surface area contributed by atoms with E-state index in [2.05, 4.69) is 0 Å². The number of aliphatic hydroxyl groups is 1. The van der Waals surface area contributed by atoms with Crippen molar-refractivity contribution in [2.75, 3.05) is 18.9 Å². The van der Waals surface area contributed by atoms with Crippen LogP contribution in [0, 0.1) is 0 Å². The van der Waals surface area contributed by atoms with Crippen LogP contribution in [-0.2, 0) is 0 Å². The second kappa shape index (κ2) is 3.59. The second-order valence-corrected chi connectivity index (χ2v) is 2.98. The molecular formula is C10H12N2O2. The molecule has 0 unspecified atom stereocenters. The number of nitrogen functional groups attached to an aromatic ring is 1. The number of aromatic nitrogens is 1. The molecule has 1 aromatic carbocycles. The maximum atomic E-state index is 8.63. The zero-order valence-corrected chi connectivity index (χ0v) is 7.68. The molecule has 0 fully saturated rings. The number of anilines is 1. The first-order valence-electron chi connectivity index (χ1n) is 4.42. The van der Waals surface area contributed by atoms with E-state index in [1.54, 1.807) is 10.9 Å². The van der Waals surface area contributed by atoms with E-state index < -0.39 is 0 Å². The van der Waals surface area contributed by atoms with Crippen LogP contribution >= 0.6 is 0 Å². The molecule has 0 radical (unpaired) electrons. The molecule has 14 heavy (non-hydrogen) atoms. The second-order valence-electron chi connectivity index (χ2n) is 2.98. The summed E-state index contributed by atoms with van der Waals surface area (Å²) in [5.41, 5.74) is 7.43. The number of hydrogen-bond acceptors (Lipinski definition) is 3. The number of hydrogen-bond donors (Lipinski definition) is 2. The van der Waals surface area contributed by atoms with E-state index in [1.165, 1.54) is 0 Å². The van der Waals surface area contributed by atoms with Gasteiger partial charge in [0.15, 0.2) is 0 Å². The lowest BCUT2D eigenvalue weighted by molar-refractivity contribution is 0.0832. The Morgan fingerprint density at radius 1 is 1.36 bits per heavy atom. The minimum Gasteiger partial charge on any atom is -0.411 e. The largest absolute Gasteiger partial charge is 0.411 e. The Balaban J connectivity index is 2.42. The zero-order chi connectivity index (χ0) is 9.97. The maximum absolute atomic E-state index is 8.63. The predicted molar refractivity (Wildman–Crippen MR) is 54.9 cm³/mol. The lowest BCUT2D eigenvalue weighted by Gasteiger charge is -2.06. The van der Waals surface area contributed by atoms with Gasteiger partial charge in [0.05, 0.1) is 12.1 Å². The van der Waals surface area contributed by atoms with Crippen molar-refractivity contribution in [1.82, 2.24) is 4.73 Å². The van der Waals surface area contributed by atoms with Gasteiger partial charge in [0.2, 0.25) is 0 Å². The monoisotopic (exact) mass is 192 g/mol. The van der Waals surface area contributed by atoms with Gasteiger partial charge in [-0.05, 0) is 18.2 Å². The highest BCUT2D eigenvalue weighted by Crippen LogP contribution is 2.20. The van der Waals surface area contributed by atoms with Gasteiger partial charge >= 0.3 is 0 Å². The quantitative estimate of drug-likeness (QED) is 0.702. The van der Waals surface area contributed by atoms with Crippen molar-refractivity contribution in [2.24, 2.45) is 0 Å². The van der Waals surface area contributed by atoms with Gasteiger partial charge in [-0.15, -0.1) is 0 Å². The fourth-order valence-corrected chi connectivity index (χ4v) is 1.42. The van der Waals surface area contributed by atoms with E-state index in [0.717, 1.165) is 16.6 Å². The third-order valence-electron chi connectivity index (χ3n) is 2.05. The first-order valence-corrected chi connectivity index (χ1v) is 4.42. The van der Waals surface area contributed by atoms with Crippen molar-refractivity contribution in [3.05, 3.63) is 30.5 Å². The molecule has 0 saturated carbocycles. The van der Waals surface area contributed by atoms with Crippen LogP contribution in [0.1, 0.15) is 0 Å². The van der Waals surface area contributed by atoms with Gasteiger partial charge in [-0.1, -0.05) is 6.07 Å². The summed E-state index contributed by atoms with van der Waals surface area (Å²) in [5.74, 6) is 0. The van der Waals surface area contributed by atoms with Crippen molar-refractivity contribution in [2.45, 2.75) is 0 Å². The minimum atomic E-state index is 0.00197. The van der Waals surface area contributed by atoms with Crippen LogP contribution in [0.25, 0.3) is 10.9 Å². The molecule has 0 atom stereocenters. The number of benzene rings is 1. The van der Waals surface area contributed by atoms with Gasteiger partial charge in [-0.25, -0.2) is 0 Å². The molecule has 0 bridgehead atoms. The average molecular weight is 192 g/mol. The van der Waals surface area contributed by atoms with Crippen LogP contribution in [-0.4, -0.2) is 23.1 Å². The van der Waals surface area contributed by atoms with Gasteiger partial charge < -0.3 is 15.7 Å². The Bertz CT molecular complexity index is 437. The molecule has 0 aliphatic rings. The van der Waals surface area contributed by atoms with Gasteiger partial charge in [0.25, 0.3) is 0 Å². The molecule has 1 aromatic heterocycles. The molecule has 0 amide bonds. The Kier molecular flexibility index (Phi) is 2.28. The first kappa shape index (κ1) is 8.90. The Labute approximate surface area is 81.5 Å². The number of rotatable bonds is 3. The van der Waals surface area contributed by atoms with Gasteiger partial charge in [-0.3, -0.25) is 0 Å². The summed E-state index contributed by atoms with van der Waals surface area (Å²) in [4.78, 5) is 5.27. The number of fused-ring (bicyclic) bond motifs is 1. The highest BCUT2D eigenvalue weighted by Gasteiger charge is 2.02. The van der Waals surface area contributed by atoms with Crippen LogP contribution in [0.15, 0.2) is 30.5 Å². The Hall–Kier alpha value is -1.68.